The lowest BCUT2D eigenvalue weighted by atomic mass is 10.2. The van der Waals surface area contributed by atoms with Gasteiger partial charge in [-0.3, -0.25) is 4.79 Å². The number of para-hydroxylation sites is 1. The molecule has 0 fully saturated rings. The van der Waals surface area contributed by atoms with Crippen LogP contribution >= 0.6 is 0 Å². The maximum Gasteiger partial charge on any atom is 0.270 e. The monoisotopic (exact) mass is 360 g/mol. The van der Waals surface area contributed by atoms with Gasteiger partial charge in [-0.25, -0.2) is 9.97 Å². The summed E-state index contributed by atoms with van der Waals surface area (Å²) in [5.74, 6) is 0.323. The minimum absolute atomic E-state index is 0.0470. The number of carbonyl (C=O) groups excluding carboxylic acids is 1. The second kappa shape index (κ2) is 8.45. The van der Waals surface area contributed by atoms with Gasteiger partial charge in [0.25, 0.3) is 5.91 Å². The van der Waals surface area contributed by atoms with Crippen molar-refractivity contribution in [2.45, 2.75) is 33.4 Å². The Balaban J connectivity index is 2.01. The van der Waals surface area contributed by atoms with E-state index in [9.17, 15) is 4.79 Å². The molecule has 1 heterocycles. The van der Waals surface area contributed by atoms with Crippen molar-refractivity contribution in [3.05, 3.63) is 83.7 Å². The fraction of sp³-hybridized carbons (Fsp3) is 0.227. The third-order valence-electron chi connectivity index (χ3n) is 3.99. The summed E-state index contributed by atoms with van der Waals surface area (Å²) in [5, 5.41) is 2.89. The quantitative estimate of drug-likeness (QED) is 0.713. The third kappa shape index (κ3) is 4.91. The highest BCUT2D eigenvalue weighted by Gasteiger charge is 2.17. The molecule has 0 aliphatic heterocycles. The lowest BCUT2D eigenvalue weighted by Crippen LogP contribution is -2.31. The van der Waals surface area contributed by atoms with Gasteiger partial charge in [-0.05, 0) is 44.5 Å². The number of aryl methyl sites for hydroxylation is 1. The summed E-state index contributed by atoms with van der Waals surface area (Å²) in [6, 6.07) is 21.9. The molecule has 1 aromatic heterocycles. The van der Waals surface area contributed by atoms with Crippen molar-refractivity contribution in [3.63, 3.8) is 0 Å². The van der Waals surface area contributed by atoms with Gasteiger partial charge in [0.05, 0.1) is 6.54 Å². The molecule has 0 radical (unpaired) electrons. The van der Waals surface area contributed by atoms with Gasteiger partial charge in [-0.2, -0.15) is 0 Å². The molecular weight excluding hydrogens is 336 g/mol. The minimum atomic E-state index is -0.190. The van der Waals surface area contributed by atoms with Gasteiger partial charge in [0, 0.05) is 17.4 Å². The van der Waals surface area contributed by atoms with Crippen LogP contribution in [0.4, 0.5) is 11.6 Å². The van der Waals surface area contributed by atoms with Gasteiger partial charge in [-0.1, -0.05) is 48.5 Å². The maximum atomic E-state index is 12.5. The Morgan fingerprint density at radius 1 is 1.00 bits per heavy atom. The minimum Gasteiger partial charge on any atom is -0.349 e. The summed E-state index contributed by atoms with van der Waals surface area (Å²) in [6.45, 7) is 6.35. The molecule has 27 heavy (non-hydrogen) atoms. The van der Waals surface area contributed by atoms with Crippen LogP contribution in [0.2, 0.25) is 0 Å². The smallest absolute Gasteiger partial charge is 0.270 e. The Labute approximate surface area is 160 Å². The number of anilines is 2. The normalized spacial score (nSPS) is 10.7. The van der Waals surface area contributed by atoms with Gasteiger partial charge >= 0.3 is 0 Å². The topological polar surface area (TPSA) is 58.1 Å². The number of hydrogen-bond acceptors (Lipinski definition) is 4. The summed E-state index contributed by atoms with van der Waals surface area (Å²) < 4.78 is 0. The highest BCUT2D eigenvalue weighted by atomic mass is 16.1. The molecule has 0 aliphatic carbocycles. The molecule has 5 heteroatoms. The van der Waals surface area contributed by atoms with E-state index in [0.717, 1.165) is 16.9 Å². The Kier molecular flexibility index (Phi) is 5.81. The SMILES string of the molecule is Cc1cc(C(=O)NC(C)C)nc(N(Cc2ccccc2)c2ccccc2)n1. The molecule has 0 aliphatic rings. The zero-order chi connectivity index (χ0) is 19.2. The predicted molar refractivity (Wildman–Crippen MR) is 108 cm³/mol. The number of nitrogens with one attached hydrogen (secondary N) is 1. The van der Waals surface area contributed by atoms with Crippen LogP contribution in [-0.4, -0.2) is 21.9 Å². The van der Waals surface area contributed by atoms with Crippen LogP contribution in [0.1, 0.15) is 35.6 Å². The van der Waals surface area contributed by atoms with E-state index in [4.69, 9.17) is 0 Å². The highest BCUT2D eigenvalue weighted by molar-refractivity contribution is 5.92. The molecule has 0 saturated heterocycles. The predicted octanol–water partition coefficient (Wildman–Crippen LogP) is 4.26. The van der Waals surface area contributed by atoms with Crippen molar-refractivity contribution in [1.82, 2.24) is 15.3 Å². The Morgan fingerprint density at radius 3 is 2.26 bits per heavy atom. The zero-order valence-electron chi connectivity index (χ0n) is 15.9. The van der Waals surface area contributed by atoms with Gasteiger partial charge in [0.15, 0.2) is 0 Å². The number of aromatic nitrogens is 2. The standard InChI is InChI=1S/C22H24N4O/c1-16(2)23-21(27)20-14-17(3)24-22(25-20)26(19-12-8-5-9-13-19)15-18-10-6-4-7-11-18/h4-14,16H,15H2,1-3H3,(H,23,27). The second-order valence-electron chi connectivity index (χ2n) is 6.73. The van der Waals surface area contributed by atoms with Gasteiger partial charge in [0.2, 0.25) is 5.95 Å². The number of nitrogens with zero attached hydrogens (tertiary/aromatic N) is 3. The van der Waals surface area contributed by atoms with Crippen molar-refractivity contribution >= 4 is 17.5 Å². The van der Waals surface area contributed by atoms with Crippen LogP contribution in [0, 0.1) is 6.92 Å². The van der Waals surface area contributed by atoms with Crippen LogP contribution in [-0.2, 0) is 6.54 Å². The first-order valence-corrected chi connectivity index (χ1v) is 9.06. The van der Waals surface area contributed by atoms with Crippen LogP contribution < -0.4 is 10.2 Å². The summed E-state index contributed by atoms with van der Waals surface area (Å²) in [6.07, 6.45) is 0. The molecular formula is C22H24N4O. The van der Waals surface area contributed by atoms with E-state index in [2.05, 4.69) is 27.4 Å². The molecule has 3 aromatic rings. The summed E-state index contributed by atoms with van der Waals surface area (Å²) in [5.41, 5.74) is 3.24. The van der Waals surface area contributed by atoms with Crippen molar-refractivity contribution < 1.29 is 4.79 Å². The fourth-order valence-electron chi connectivity index (χ4n) is 2.78. The summed E-state index contributed by atoms with van der Waals surface area (Å²) >= 11 is 0. The van der Waals surface area contributed by atoms with Crippen LogP contribution in [0.15, 0.2) is 66.7 Å². The maximum absolute atomic E-state index is 12.5. The van der Waals surface area contributed by atoms with Crippen LogP contribution in [0.25, 0.3) is 0 Å². The number of benzene rings is 2. The molecule has 0 spiro atoms. The number of amides is 1. The molecule has 138 valence electrons. The lowest BCUT2D eigenvalue weighted by molar-refractivity contribution is 0.0938. The van der Waals surface area contributed by atoms with Crippen molar-refractivity contribution in [2.24, 2.45) is 0 Å². The first kappa shape index (κ1) is 18.6. The Hall–Kier alpha value is -3.21. The number of carbonyl (C=O) groups is 1. The lowest BCUT2D eigenvalue weighted by Gasteiger charge is -2.24. The number of rotatable bonds is 6. The van der Waals surface area contributed by atoms with E-state index in [1.165, 1.54) is 0 Å². The molecule has 1 amide bonds. The molecule has 0 unspecified atom stereocenters. The average Bonchev–Trinajstić information content (AvgIpc) is 2.66. The van der Waals surface area contributed by atoms with Crippen LogP contribution in [0.5, 0.6) is 0 Å². The van der Waals surface area contributed by atoms with Crippen LogP contribution in [0.3, 0.4) is 0 Å². The van der Waals surface area contributed by atoms with E-state index in [1.807, 2.05) is 74.2 Å². The van der Waals surface area contributed by atoms with Gasteiger partial charge in [0.1, 0.15) is 5.69 Å². The van der Waals surface area contributed by atoms with E-state index in [0.29, 0.717) is 18.2 Å². The third-order valence-corrected chi connectivity index (χ3v) is 3.99. The molecule has 1 N–H and O–H groups in total. The Bertz CT molecular complexity index is 895. The first-order chi connectivity index (χ1) is 13.0. The van der Waals surface area contributed by atoms with Gasteiger partial charge in [-0.15, -0.1) is 0 Å². The molecule has 2 aromatic carbocycles. The average molecular weight is 360 g/mol. The van der Waals surface area contributed by atoms with E-state index in [1.54, 1.807) is 6.07 Å². The molecule has 0 bridgehead atoms. The van der Waals surface area contributed by atoms with Crippen molar-refractivity contribution in [3.8, 4) is 0 Å². The summed E-state index contributed by atoms with van der Waals surface area (Å²) in [7, 11) is 0. The summed E-state index contributed by atoms with van der Waals surface area (Å²) in [4.78, 5) is 23.6. The van der Waals surface area contributed by atoms with E-state index >= 15 is 0 Å². The van der Waals surface area contributed by atoms with Gasteiger partial charge < -0.3 is 10.2 Å². The molecule has 0 saturated carbocycles. The van der Waals surface area contributed by atoms with E-state index in [-0.39, 0.29) is 11.9 Å². The van der Waals surface area contributed by atoms with E-state index < -0.39 is 0 Å². The molecule has 3 rings (SSSR count). The second-order valence-corrected chi connectivity index (χ2v) is 6.73. The zero-order valence-corrected chi connectivity index (χ0v) is 15.9. The van der Waals surface area contributed by atoms with Crippen molar-refractivity contribution in [1.29, 1.82) is 0 Å². The number of hydrogen-bond donors (Lipinski definition) is 1. The largest absolute Gasteiger partial charge is 0.349 e. The van der Waals surface area contributed by atoms with Crippen molar-refractivity contribution in [2.75, 3.05) is 4.90 Å². The first-order valence-electron chi connectivity index (χ1n) is 9.06. The Morgan fingerprint density at radius 2 is 1.63 bits per heavy atom. The highest BCUT2D eigenvalue weighted by Crippen LogP contribution is 2.25. The molecule has 0 atom stereocenters. The molecule has 5 nitrogen and oxygen atoms in total. The fourth-order valence-corrected chi connectivity index (χ4v) is 2.78.